The molecule has 0 saturated carbocycles. The molecule has 0 aliphatic rings. The second-order valence-electron chi connectivity index (χ2n) is 4.34. The van der Waals surface area contributed by atoms with Crippen LogP contribution in [0.3, 0.4) is 0 Å². The van der Waals surface area contributed by atoms with Crippen LogP contribution in [-0.2, 0) is 23.8 Å². The number of benzene rings is 1. The number of thiophene rings is 1. The molecular weight excluding hydrogens is 375 g/mol. The molecule has 10 heteroatoms. The van der Waals surface area contributed by atoms with Gasteiger partial charge >= 0.3 is 6.18 Å². The van der Waals surface area contributed by atoms with Crippen LogP contribution < -0.4 is 5.32 Å². The minimum absolute atomic E-state index is 0.0300. The summed E-state index contributed by atoms with van der Waals surface area (Å²) in [7, 11) is 0. The van der Waals surface area contributed by atoms with Crippen LogP contribution in [0.4, 0.5) is 13.2 Å². The van der Waals surface area contributed by atoms with E-state index < -0.39 is 28.7 Å². The van der Waals surface area contributed by atoms with Crippen molar-refractivity contribution in [2.24, 2.45) is 0 Å². The van der Waals surface area contributed by atoms with Crippen molar-refractivity contribution in [1.29, 1.82) is 0 Å². The standard InChI is InChI=1S/C13H9ClF3NO3S2/c14-8-2-1-7(9(5-8)13(15,16)17)6-18-12(19)10-3-4-11(22-10)23(20)21/h1-5H,6H2,(H,18,19)(H,20,21)/p-1. The molecule has 0 aliphatic heterocycles. The average Bonchev–Trinajstić information content (AvgIpc) is 2.94. The SMILES string of the molecule is O=C(NCc1ccc(Cl)cc1C(F)(F)F)c1ccc(S(=O)[O-])s1. The Balaban J connectivity index is 2.14. The largest absolute Gasteiger partial charge is 0.768 e. The number of hydrogen-bond donors (Lipinski definition) is 1. The van der Waals surface area contributed by atoms with Crippen molar-refractivity contribution in [3.8, 4) is 0 Å². The normalized spacial score (nSPS) is 12.9. The number of rotatable bonds is 4. The summed E-state index contributed by atoms with van der Waals surface area (Å²) in [6.07, 6.45) is -4.60. The van der Waals surface area contributed by atoms with E-state index in [1.165, 1.54) is 24.3 Å². The number of nitrogens with one attached hydrogen (secondary N) is 1. The number of carbonyl (C=O) groups is 1. The van der Waals surface area contributed by atoms with Crippen molar-refractivity contribution >= 4 is 39.9 Å². The molecule has 1 atom stereocenters. The summed E-state index contributed by atoms with van der Waals surface area (Å²) in [5.41, 5.74) is -1.07. The molecule has 0 aliphatic carbocycles. The third-order valence-corrected chi connectivity index (χ3v) is 5.02. The molecule has 0 saturated heterocycles. The maximum atomic E-state index is 12.9. The molecule has 2 rings (SSSR count). The van der Waals surface area contributed by atoms with Crippen molar-refractivity contribution in [1.82, 2.24) is 5.32 Å². The van der Waals surface area contributed by atoms with Gasteiger partial charge in [-0.3, -0.25) is 9.00 Å². The number of carbonyl (C=O) groups excluding carboxylic acids is 1. The zero-order chi connectivity index (χ0) is 17.2. The Kier molecular flexibility index (Phi) is 5.45. The summed E-state index contributed by atoms with van der Waals surface area (Å²) in [5.74, 6) is -0.658. The van der Waals surface area contributed by atoms with E-state index in [1.54, 1.807) is 0 Å². The molecule has 1 N–H and O–H groups in total. The van der Waals surface area contributed by atoms with E-state index in [0.717, 1.165) is 17.4 Å². The molecule has 1 unspecified atom stereocenters. The minimum atomic E-state index is -4.60. The lowest BCUT2D eigenvalue weighted by molar-refractivity contribution is -0.138. The van der Waals surface area contributed by atoms with Crippen LogP contribution in [0.1, 0.15) is 20.8 Å². The van der Waals surface area contributed by atoms with Gasteiger partial charge < -0.3 is 9.87 Å². The highest BCUT2D eigenvalue weighted by molar-refractivity contribution is 7.81. The lowest BCUT2D eigenvalue weighted by Gasteiger charge is -2.13. The quantitative estimate of drug-likeness (QED) is 0.821. The third kappa shape index (κ3) is 4.54. The maximum absolute atomic E-state index is 12.9. The molecule has 0 radical (unpaired) electrons. The van der Waals surface area contributed by atoms with Crippen molar-refractivity contribution in [2.75, 3.05) is 0 Å². The van der Waals surface area contributed by atoms with Gasteiger partial charge in [0.15, 0.2) is 0 Å². The molecule has 4 nitrogen and oxygen atoms in total. The van der Waals surface area contributed by atoms with E-state index in [9.17, 15) is 26.7 Å². The molecule has 1 amide bonds. The van der Waals surface area contributed by atoms with E-state index in [1.807, 2.05) is 0 Å². The smallest absolute Gasteiger partial charge is 0.416 e. The van der Waals surface area contributed by atoms with Crippen LogP contribution in [0.15, 0.2) is 34.5 Å². The average molecular weight is 383 g/mol. The van der Waals surface area contributed by atoms with Gasteiger partial charge in [-0.25, -0.2) is 0 Å². The molecule has 2 aromatic rings. The Bertz CT molecular complexity index is 761. The first-order chi connectivity index (χ1) is 10.7. The third-order valence-electron chi connectivity index (χ3n) is 2.79. The van der Waals surface area contributed by atoms with Gasteiger partial charge in [0, 0.05) is 11.6 Å². The Labute approximate surface area is 140 Å². The highest BCUT2D eigenvalue weighted by Crippen LogP contribution is 2.33. The second-order valence-corrected chi connectivity index (χ2v) is 7.02. The Hall–Kier alpha value is -1.42. The van der Waals surface area contributed by atoms with Crippen molar-refractivity contribution in [3.63, 3.8) is 0 Å². The van der Waals surface area contributed by atoms with Crippen LogP contribution in [0.5, 0.6) is 0 Å². The molecule has 0 spiro atoms. The molecule has 124 valence electrons. The van der Waals surface area contributed by atoms with Crippen LogP contribution in [0.2, 0.25) is 5.02 Å². The lowest BCUT2D eigenvalue weighted by Crippen LogP contribution is -2.23. The van der Waals surface area contributed by atoms with E-state index in [-0.39, 0.29) is 26.2 Å². The van der Waals surface area contributed by atoms with E-state index in [4.69, 9.17) is 11.6 Å². The van der Waals surface area contributed by atoms with Crippen molar-refractivity contribution in [2.45, 2.75) is 16.9 Å². The van der Waals surface area contributed by atoms with Crippen LogP contribution in [0.25, 0.3) is 0 Å². The van der Waals surface area contributed by atoms with Crippen molar-refractivity contribution < 1.29 is 26.7 Å². The van der Waals surface area contributed by atoms with Gasteiger partial charge in [0.25, 0.3) is 5.91 Å². The molecule has 23 heavy (non-hydrogen) atoms. The Morgan fingerprint density at radius 2 is 2.00 bits per heavy atom. The fraction of sp³-hybridized carbons (Fsp3) is 0.154. The molecule has 1 aromatic carbocycles. The summed E-state index contributed by atoms with van der Waals surface area (Å²) in [5, 5.41) is 2.27. The maximum Gasteiger partial charge on any atom is 0.416 e. The second kappa shape index (κ2) is 7.00. The fourth-order valence-electron chi connectivity index (χ4n) is 1.76. The minimum Gasteiger partial charge on any atom is -0.768 e. The van der Waals surface area contributed by atoms with Gasteiger partial charge in [-0.2, -0.15) is 13.2 Å². The first-order valence-electron chi connectivity index (χ1n) is 6.01. The monoisotopic (exact) mass is 382 g/mol. The fourth-order valence-corrected chi connectivity index (χ4v) is 3.31. The van der Waals surface area contributed by atoms with E-state index in [2.05, 4.69) is 5.32 Å². The van der Waals surface area contributed by atoms with Crippen LogP contribution in [0, 0.1) is 0 Å². The molecule has 0 fully saturated rings. The predicted molar refractivity (Wildman–Crippen MR) is 79.1 cm³/mol. The van der Waals surface area contributed by atoms with Gasteiger partial charge in [0.2, 0.25) is 0 Å². The summed E-state index contributed by atoms with van der Waals surface area (Å²) in [6.45, 7) is -0.363. The Morgan fingerprint density at radius 3 is 2.57 bits per heavy atom. The first-order valence-corrected chi connectivity index (χ1v) is 8.28. The summed E-state index contributed by atoms with van der Waals surface area (Å²) in [4.78, 5) is 12.0. The number of alkyl halides is 3. The molecular formula is C13H8ClF3NO3S2-. The molecule has 0 bridgehead atoms. The number of hydrogen-bond acceptors (Lipinski definition) is 4. The van der Waals surface area contributed by atoms with Crippen LogP contribution >= 0.6 is 22.9 Å². The van der Waals surface area contributed by atoms with Gasteiger partial charge in [-0.15, -0.1) is 11.3 Å². The zero-order valence-corrected chi connectivity index (χ0v) is 13.5. The lowest BCUT2D eigenvalue weighted by atomic mass is 10.1. The predicted octanol–water partition coefficient (Wildman–Crippen LogP) is 3.59. The summed E-state index contributed by atoms with van der Waals surface area (Å²) in [6, 6.07) is 5.79. The van der Waals surface area contributed by atoms with Gasteiger partial charge in [0.05, 0.1) is 14.6 Å². The van der Waals surface area contributed by atoms with Crippen molar-refractivity contribution in [3.05, 3.63) is 51.4 Å². The van der Waals surface area contributed by atoms with E-state index >= 15 is 0 Å². The summed E-state index contributed by atoms with van der Waals surface area (Å²) < 4.78 is 60.2. The van der Waals surface area contributed by atoms with Gasteiger partial charge in [-0.05, 0) is 40.9 Å². The Morgan fingerprint density at radius 1 is 1.30 bits per heavy atom. The highest BCUT2D eigenvalue weighted by atomic mass is 35.5. The topological polar surface area (TPSA) is 69.2 Å². The van der Waals surface area contributed by atoms with E-state index in [0.29, 0.717) is 0 Å². The number of halogens is 4. The molecule has 1 aromatic heterocycles. The zero-order valence-electron chi connectivity index (χ0n) is 11.1. The molecule has 1 heterocycles. The first kappa shape index (κ1) is 17.9. The number of amides is 1. The highest BCUT2D eigenvalue weighted by Gasteiger charge is 2.33. The van der Waals surface area contributed by atoms with Gasteiger partial charge in [0.1, 0.15) is 0 Å². The summed E-state index contributed by atoms with van der Waals surface area (Å²) >= 11 is 3.84. The van der Waals surface area contributed by atoms with Gasteiger partial charge in [-0.1, -0.05) is 17.7 Å². The van der Waals surface area contributed by atoms with Crippen LogP contribution in [-0.4, -0.2) is 14.7 Å².